The Morgan fingerprint density at radius 2 is 1.70 bits per heavy atom. The van der Waals surface area contributed by atoms with E-state index in [0.29, 0.717) is 17.0 Å². The van der Waals surface area contributed by atoms with Gasteiger partial charge in [0.1, 0.15) is 5.75 Å². The van der Waals surface area contributed by atoms with Crippen molar-refractivity contribution in [2.45, 2.75) is 13.8 Å². The van der Waals surface area contributed by atoms with Crippen molar-refractivity contribution < 1.29 is 14.3 Å². The normalized spacial score (nSPS) is 10.1. The van der Waals surface area contributed by atoms with Crippen LogP contribution < -0.4 is 10.1 Å². The molecule has 102 valence electrons. The second-order valence-corrected chi connectivity index (χ2v) is 4.55. The summed E-state index contributed by atoms with van der Waals surface area (Å²) in [5.41, 5.74) is 1.15. The van der Waals surface area contributed by atoms with Gasteiger partial charge in [-0.05, 0) is 42.0 Å². The summed E-state index contributed by atoms with van der Waals surface area (Å²) in [7, 11) is 0. The van der Waals surface area contributed by atoms with Crippen molar-refractivity contribution in [3.05, 3.63) is 48.6 Å². The molecule has 0 aliphatic rings. The number of ether oxygens (including phenoxy) is 1. The van der Waals surface area contributed by atoms with E-state index in [2.05, 4.69) is 11.9 Å². The van der Waals surface area contributed by atoms with E-state index in [1.165, 1.54) is 6.92 Å². The van der Waals surface area contributed by atoms with Crippen LogP contribution in [0.3, 0.4) is 0 Å². The van der Waals surface area contributed by atoms with E-state index in [1.807, 2.05) is 18.2 Å². The van der Waals surface area contributed by atoms with E-state index in [1.54, 1.807) is 25.1 Å². The van der Waals surface area contributed by atoms with Crippen LogP contribution in [0.25, 0.3) is 10.8 Å². The molecule has 20 heavy (non-hydrogen) atoms. The highest BCUT2D eigenvalue weighted by atomic mass is 16.5. The maximum atomic E-state index is 11.6. The van der Waals surface area contributed by atoms with Gasteiger partial charge in [0.05, 0.1) is 0 Å². The molecule has 0 saturated heterocycles. The van der Waals surface area contributed by atoms with Gasteiger partial charge < -0.3 is 10.1 Å². The van der Waals surface area contributed by atoms with Crippen molar-refractivity contribution in [2.75, 3.05) is 5.32 Å². The van der Waals surface area contributed by atoms with E-state index < -0.39 is 0 Å². The van der Waals surface area contributed by atoms with E-state index >= 15 is 0 Å². The van der Waals surface area contributed by atoms with Crippen molar-refractivity contribution in [1.82, 2.24) is 0 Å². The molecule has 0 aliphatic heterocycles. The average molecular weight is 269 g/mol. The molecule has 4 heteroatoms. The van der Waals surface area contributed by atoms with Crippen molar-refractivity contribution in [1.29, 1.82) is 0 Å². The summed E-state index contributed by atoms with van der Waals surface area (Å²) in [6.07, 6.45) is 0. The van der Waals surface area contributed by atoms with Crippen molar-refractivity contribution >= 4 is 28.3 Å². The Morgan fingerprint density at radius 1 is 1.05 bits per heavy atom. The smallest absolute Gasteiger partial charge is 0.308 e. The topological polar surface area (TPSA) is 55.4 Å². The fraction of sp³-hybridized carbons (Fsp3) is 0.125. The molecule has 2 rings (SSSR count). The summed E-state index contributed by atoms with van der Waals surface area (Å²) in [6, 6.07) is 10.8. The second-order valence-electron chi connectivity index (χ2n) is 4.55. The zero-order valence-electron chi connectivity index (χ0n) is 11.4. The molecule has 0 fully saturated rings. The molecular weight excluding hydrogens is 254 g/mol. The number of fused-ring (bicyclic) bond motifs is 1. The lowest BCUT2D eigenvalue weighted by molar-refractivity contribution is -0.131. The average Bonchev–Trinajstić information content (AvgIpc) is 2.38. The summed E-state index contributed by atoms with van der Waals surface area (Å²) in [5.74, 6) is -0.0562. The molecule has 0 unspecified atom stereocenters. The fourth-order valence-corrected chi connectivity index (χ4v) is 1.77. The van der Waals surface area contributed by atoms with E-state index in [-0.39, 0.29) is 11.9 Å². The number of rotatable bonds is 3. The SMILES string of the molecule is C=C(C)C(=O)Nc1ccc2cc(OC(C)=O)ccc2c1. The molecule has 0 heterocycles. The Bertz CT molecular complexity index is 704. The first-order valence-electron chi connectivity index (χ1n) is 6.15. The van der Waals surface area contributed by atoms with Crippen LogP contribution >= 0.6 is 0 Å². The van der Waals surface area contributed by atoms with Gasteiger partial charge in [-0.25, -0.2) is 0 Å². The molecule has 1 N–H and O–H groups in total. The number of hydrogen-bond acceptors (Lipinski definition) is 3. The molecule has 1 amide bonds. The van der Waals surface area contributed by atoms with Crippen molar-refractivity contribution in [2.24, 2.45) is 0 Å². The Balaban J connectivity index is 2.29. The molecule has 4 nitrogen and oxygen atoms in total. The summed E-state index contributed by atoms with van der Waals surface area (Å²) in [5, 5.41) is 4.63. The van der Waals surface area contributed by atoms with E-state index in [0.717, 1.165) is 10.8 Å². The molecule has 0 spiro atoms. The summed E-state index contributed by atoms with van der Waals surface area (Å²) < 4.78 is 5.03. The molecule has 0 atom stereocenters. The van der Waals surface area contributed by atoms with Gasteiger partial charge >= 0.3 is 5.97 Å². The fourth-order valence-electron chi connectivity index (χ4n) is 1.77. The van der Waals surface area contributed by atoms with Gasteiger partial charge in [-0.2, -0.15) is 0 Å². The van der Waals surface area contributed by atoms with Crippen LogP contribution in [0.1, 0.15) is 13.8 Å². The van der Waals surface area contributed by atoms with Crippen LogP contribution in [0.5, 0.6) is 5.75 Å². The molecule has 2 aromatic carbocycles. The summed E-state index contributed by atoms with van der Waals surface area (Å²) in [4.78, 5) is 22.5. The predicted molar refractivity (Wildman–Crippen MR) is 78.7 cm³/mol. The Hall–Kier alpha value is -2.62. The van der Waals surface area contributed by atoms with Crippen LogP contribution in [0.2, 0.25) is 0 Å². The van der Waals surface area contributed by atoms with E-state index in [4.69, 9.17) is 4.74 Å². The van der Waals surface area contributed by atoms with Gasteiger partial charge in [0.25, 0.3) is 5.91 Å². The van der Waals surface area contributed by atoms with Gasteiger partial charge in [-0.15, -0.1) is 0 Å². The number of anilines is 1. The van der Waals surface area contributed by atoms with Crippen molar-refractivity contribution in [3.63, 3.8) is 0 Å². The third kappa shape index (κ3) is 3.23. The third-order valence-corrected chi connectivity index (χ3v) is 2.72. The largest absolute Gasteiger partial charge is 0.427 e. The molecule has 0 saturated carbocycles. The number of hydrogen-bond donors (Lipinski definition) is 1. The second kappa shape index (κ2) is 5.57. The van der Waals surface area contributed by atoms with Gasteiger partial charge in [-0.3, -0.25) is 9.59 Å². The highest BCUT2D eigenvalue weighted by molar-refractivity contribution is 6.04. The first-order valence-corrected chi connectivity index (χ1v) is 6.15. The number of carbonyl (C=O) groups is 2. The van der Waals surface area contributed by atoms with Gasteiger partial charge in [-0.1, -0.05) is 18.7 Å². The van der Waals surface area contributed by atoms with Crippen molar-refractivity contribution in [3.8, 4) is 5.75 Å². The van der Waals surface area contributed by atoms with Crippen LogP contribution in [0.15, 0.2) is 48.6 Å². The number of esters is 1. The number of nitrogens with one attached hydrogen (secondary N) is 1. The molecular formula is C16H15NO3. The number of benzene rings is 2. The monoisotopic (exact) mass is 269 g/mol. The zero-order valence-corrected chi connectivity index (χ0v) is 11.4. The third-order valence-electron chi connectivity index (χ3n) is 2.72. The minimum Gasteiger partial charge on any atom is -0.427 e. The number of carbonyl (C=O) groups excluding carboxylic acids is 2. The highest BCUT2D eigenvalue weighted by Gasteiger charge is 2.04. The zero-order chi connectivity index (χ0) is 14.7. The van der Waals surface area contributed by atoms with Gasteiger partial charge in [0.15, 0.2) is 0 Å². The summed E-state index contributed by atoms with van der Waals surface area (Å²) >= 11 is 0. The first-order chi connectivity index (χ1) is 9.45. The van der Waals surface area contributed by atoms with Crippen LogP contribution in [0.4, 0.5) is 5.69 Å². The Morgan fingerprint density at radius 3 is 2.35 bits per heavy atom. The highest BCUT2D eigenvalue weighted by Crippen LogP contribution is 2.24. The molecule has 0 radical (unpaired) electrons. The lowest BCUT2D eigenvalue weighted by Gasteiger charge is -2.07. The standard InChI is InChI=1S/C16H15NO3/c1-10(2)16(19)17-14-6-4-13-9-15(20-11(3)18)7-5-12(13)8-14/h4-9H,1H2,2-3H3,(H,17,19). The lowest BCUT2D eigenvalue weighted by Crippen LogP contribution is -2.11. The molecule has 2 aromatic rings. The lowest BCUT2D eigenvalue weighted by atomic mass is 10.1. The van der Waals surface area contributed by atoms with Crippen LogP contribution in [-0.4, -0.2) is 11.9 Å². The number of amides is 1. The van der Waals surface area contributed by atoms with Gasteiger partial charge in [0, 0.05) is 18.2 Å². The Labute approximate surface area is 117 Å². The van der Waals surface area contributed by atoms with Gasteiger partial charge in [0.2, 0.25) is 0 Å². The maximum absolute atomic E-state index is 11.6. The molecule has 0 aliphatic carbocycles. The molecule has 0 aromatic heterocycles. The minimum atomic E-state index is -0.352. The first kappa shape index (κ1) is 13.8. The maximum Gasteiger partial charge on any atom is 0.308 e. The van der Waals surface area contributed by atoms with Crippen LogP contribution in [-0.2, 0) is 9.59 Å². The predicted octanol–water partition coefficient (Wildman–Crippen LogP) is 3.28. The Kier molecular flexibility index (Phi) is 3.84. The quantitative estimate of drug-likeness (QED) is 0.528. The summed E-state index contributed by atoms with van der Waals surface area (Å²) in [6.45, 7) is 6.61. The van der Waals surface area contributed by atoms with E-state index in [9.17, 15) is 9.59 Å². The van der Waals surface area contributed by atoms with Crippen LogP contribution in [0, 0.1) is 0 Å². The minimum absolute atomic E-state index is 0.208. The molecule has 0 bridgehead atoms.